The van der Waals surface area contributed by atoms with Crippen LogP contribution in [0.1, 0.15) is 0 Å². The molecule has 26 valence electrons. The zero-order chi connectivity index (χ0) is 4.28. The van der Waals surface area contributed by atoms with Crippen LogP contribution in [0, 0.1) is 0 Å². The average Bonchev–Trinajstić information content (AvgIpc) is 1.38. The number of hydrogen-bond donors (Lipinski definition) is 0. The van der Waals surface area contributed by atoms with Crippen LogP contribution in [0.3, 0.4) is 0 Å². The third kappa shape index (κ3) is 8.82. The molecule has 0 aromatic carbocycles. The third-order valence-corrected chi connectivity index (χ3v) is 0.833. The monoisotopic (exact) mass is 146 g/mol. The van der Waals surface area contributed by atoms with E-state index >= 15 is 0 Å². The molecule has 0 saturated heterocycles. The second kappa shape index (κ2) is 5.57. The SMILES string of the molecule is C=C[C](=O)[Zn].[Al]. The molecule has 6 heavy (non-hydrogen) atoms. The molecule has 0 bridgehead atoms. The Morgan fingerprint density at radius 3 is 2.00 bits per heavy atom. The van der Waals surface area contributed by atoms with E-state index in [1.807, 2.05) is 0 Å². The summed E-state index contributed by atoms with van der Waals surface area (Å²) < 4.78 is 0.144. The Labute approximate surface area is 57.6 Å². The number of rotatable bonds is 1. The van der Waals surface area contributed by atoms with Crippen LogP contribution in [-0.2, 0) is 23.1 Å². The number of carbonyl (C=O) groups excluding carboxylic acids is 1. The van der Waals surface area contributed by atoms with Crippen molar-refractivity contribution >= 4 is 21.7 Å². The van der Waals surface area contributed by atoms with Gasteiger partial charge in [-0.25, -0.2) is 0 Å². The maximum atomic E-state index is 9.75. The molecule has 0 amide bonds. The minimum Gasteiger partial charge on any atom is 0 e. The number of hydrogen-bond acceptors (Lipinski definition) is 1. The van der Waals surface area contributed by atoms with Crippen molar-refractivity contribution in [2.45, 2.75) is 0 Å². The van der Waals surface area contributed by atoms with E-state index in [0.29, 0.717) is 18.3 Å². The fraction of sp³-hybridized carbons (Fsp3) is 0. The second-order valence-corrected chi connectivity index (χ2v) is 2.13. The molecule has 0 atom stereocenters. The van der Waals surface area contributed by atoms with Crippen molar-refractivity contribution < 1.29 is 23.1 Å². The van der Waals surface area contributed by atoms with Crippen LogP contribution in [0.2, 0.25) is 0 Å². The van der Waals surface area contributed by atoms with Gasteiger partial charge in [0, 0.05) is 17.4 Å². The van der Waals surface area contributed by atoms with Gasteiger partial charge in [-0.1, -0.05) is 0 Å². The van der Waals surface area contributed by atoms with Crippen LogP contribution in [0.4, 0.5) is 0 Å². The third-order valence-electron chi connectivity index (χ3n) is 0.228. The van der Waals surface area contributed by atoms with Crippen LogP contribution >= 0.6 is 0 Å². The molecule has 0 heterocycles. The Kier molecular flexibility index (Phi) is 9.05. The van der Waals surface area contributed by atoms with Gasteiger partial charge in [-0.3, -0.25) is 0 Å². The van der Waals surface area contributed by atoms with Gasteiger partial charge < -0.3 is 0 Å². The maximum Gasteiger partial charge on any atom is 0 e. The van der Waals surface area contributed by atoms with Crippen molar-refractivity contribution in [2.24, 2.45) is 0 Å². The van der Waals surface area contributed by atoms with Crippen molar-refractivity contribution in [3.63, 3.8) is 0 Å². The maximum absolute atomic E-state index is 9.75. The summed E-state index contributed by atoms with van der Waals surface area (Å²) >= 11 is 0.698. The Balaban J connectivity index is 0. The van der Waals surface area contributed by atoms with E-state index in [1.165, 1.54) is 6.08 Å². The number of allylic oxidation sites excluding steroid dienone is 1. The topological polar surface area (TPSA) is 17.1 Å². The van der Waals surface area contributed by atoms with Crippen molar-refractivity contribution in [1.82, 2.24) is 0 Å². The fourth-order valence-electron chi connectivity index (χ4n) is 0. The van der Waals surface area contributed by atoms with E-state index in [9.17, 15) is 4.79 Å². The van der Waals surface area contributed by atoms with Gasteiger partial charge in [0.2, 0.25) is 0 Å². The summed E-state index contributed by atoms with van der Waals surface area (Å²) in [6.45, 7) is 3.24. The Hall–Kier alpha value is 0.566. The summed E-state index contributed by atoms with van der Waals surface area (Å²) in [7, 11) is 0. The summed E-state index contributed by atoms with van der Waals surface area (Å²) in [5.74, 6) is 0. The molecule has 0 rings (SSSR count). The van der Waals surface area contributed by atoms with Gasteiger partial charge in [0.1, 0.15) is 0 Å². The first kappa shape index (κ1) is 9.76. The molecule has 0 spiro atoms. The molecule has 0 aliphatic rings. The van der Waals surface area contributed by atoms with Gasteiger partial charge in [0.05, 0.1) is 0 Å². The summed E-state index contributed by atoms with van der Waals surface area (Å²) in [5.41, 5.74) is 0. The van der Waals surface area contributed by atoms with Crippen molar-refractivity contribution in [1.29, 1.82) is 0 Å². The van der Waals surface area contributed by atoms with Gasteiger partial charge in [-0.05, 0) is 0 Å². The minimum absolute atomic E-state index is 0. The van der Waals surface area contributed by atoms with Crippen LogP contribution in [-0.4, -0.2) is 21.7 Å². The summed E-state index contributed by atoms with van der Waals surface area (Å²) in [5, 5.41) is 0. The Morgan fingerprint density at radius 1 is 1.83 bits per heavy atom. The van der Waals surface area contributed by atoms with Crippen LogP contribution < -0.4 is 0 Å². The second-order valence-electron chi connectivity index (χ2n) is 0.670. The molecular weight excluding hydrogens is 144 g/mol. The standard InChI is InChI=1S/C3H3O.Al.Zn/c1-2-3-4;;/h2H,1H2;;. The summed E-state index contributed by atoms with van der Waals surface area (Å²) in [6, 6.07) is 0. The molecule has 3 radical (unpaired) electrons. The van der Waals surface area contributed by atoms with Gasteiger partial charge in [0.15, 0.2) is 0 Å². The van der Waals surface area contributed by atoms with Crippen LogP contribution in [0.5, 0.6) is 0 Å². The summed E-state index contributed by atoms with van der Waals surface area (Å²) in [4.78, 5) is 9.75. The Bertz CT molecular complexity index is 61.8. The molecule has 0 aliphatic heterocycles. The molecule has 0 unspecified atom stereocenters. The zero-order valence-electron chi connectivity index (χ0n) is 3.48. The molecule has 0 aromatic heterocycles. The van der Waals surface area contributed by atoms with Gasteiger partial charge >= 0.3 is 40.1 Å². The summed E-state index contributed by atoms with van der Waals surface area (Å²) in [6.07, 6.45) is 1.33. The van der Waals surface area contributed by atoms with Crippen molar-refractivity contribution in [2.75, 3.05) is 0 Å². The Morgan fingerprint density at radius 2 is 2.00 bits per heavy atom. The van der Waals surface area contributed by atoms with E-state index in [-0.39, 0.29) is 21.7 Å². The van der Waals surface area contributed by atoms with Crippen LogP contribution in [0.15, 0.2) is 12.7 Å². The van der Waals surface area contributed by atoms with Crippen molar-refractivity contribution in [3.05, 3.63) is 12.7 Å². The predicted molar refractivity (Wildman–Crippen MR) is 21.0 cm³/mol. The largest absolute Gasteiger partial charge is 0 e. The van der Waals surface area contributed by atoms with Crippen LogP contribution in [0.25, 0.3) is 0 Å². The van der Waals surface area contributed by atoms with E-state index in [4.69, 9.17) is 0 Å². The first-order valence-electron chi connectivity index (χ1n) is 1.25. The van der Waals surface area contributed by atoms with E-state index in [1.54, 1.807) is 0 Å². The van der Waals surface area contributed by atoms with Gasteiger partial charge in [0.25, 0.3) is 0 Å². The van der Waals surface area contributed by atoms with Gasteiger partial charge in [-0.15, -0.1) is 0 Å². The molecule has 0 fully saturated rings. The molecule has 0 aromatic rings. The van der Waals surface area contributed by atoms with Crippen molar-refractivity contribution in [3.8, 4) is 0 Å². The van der Waals surface area contributed by atoms with Gasteiger partial charge in [-0.2, -0.15) is 0 Å². The average molecular weight is 147 g/mol. The van der Waals surface area contributed by atoms with E-state index in [2.05, 4.69) is 6.58 Å². The van der Waals surface area contributed by atoms with E-state index in [0.717, 1.165) is 0 Å². The fourth-order valence-corrected chi connectivity index (χ4v) is 0. The first-order chi connectivity index (χ1) is 2.27. The molecule has 0 saturated carbocycles. The predicted octanol–water partition coefficient (Wildman–Crippen LogP) is -0.135. The normalized spacial score (nSPS) is 5.67. The zero-order valence-corrected chi connectivity index (χ0v) is 7.60. The molecule has 0 aliphatic carbocycles. The molecule has 3 heteroatoms. The molecule has 1 nitrogen and oxygen atoms in total. The molecule has 0 N–H and O–H groups in total. The first-order valence-corrected chi connectivity index (χ1v) is 2.74. The quantitative estimate of drug-likeness (QED) is 0.373. The smallest absolute Gasteiger partial charge is 0 e. The minimum atomic E-state index is 0. The van der Waals surface area contributed by atoms with E-state index < -0.39 is 0 Å². The molecular formula is C3H3AlOZn. The number of carbonyl (C=O) groups is 1.